The number of hydrogen-bond donors (Lipinski definition) is 24. The van der Waals surface area contributed by atoms with E-state index in [4.69, 9.17) is 17.2 Å². The molecule has 0 saturated heterocycles. The number of phenolic OH excluding ortho intramolecular Hbond substituents is 1. The van der Waals surface area contributed by atoms with Gasteiger partial charge in [0.1, 0.15) is 84.3 Å². The van der Waals surface area contributed by atoms with Crippen LogP contribution in [0.3, 0.4) is 0 Å². The smallest absolute Gasteiger partial charge is 0.303 e. The summed E-state index contributed by atoms with van der Waals surface area (Å²) in [7, 11) is 0. The minimum atomic E-state index is -1.81. The molecule has 1 aromatic carbocycles. The van der Waals surface area contributed by atoms with Crippen LogP contribution in [0.5, 0.6) is 5.75 Å². The molecule has 0 radical (unpaired) electrons. The van der Waals surface area contributed by atoms with E-state index < -0.39 is 248 Å². The molecule has 2 aromatic heterocycles. The standard InChI is InChI=1S/C79H125N23O22/c1-15-41(10)64(78(123)100-55(25-40(8)9)77(122)102-65(45(14)103)79(124)95-52(66(82)111)22-37(2)3)101-62(108)34-86-68(113)43(12)91-69(114)44(13)92-73(118)57(28-48-31-84-36-89-48)99-76(121)58(29-59(81)105)93-61(107)33-85-67(112)42(11)90-60(106)32-87-71(116)56(27-47-30-83-35-88-47)98-75(120)54(24-39(6)7)97-74(119)53(23-38(4)5)96-72(117)51(20-21-63(109)110)94-70(115)50(80)26-46-16-18-49(104)19-17-46/h16-19,30-31,35-45,50-58,64-65,103-104H,15,20-29,32-34,80H2,1-14H3,(H2,81,105)(H2,82,111)(H,83,88)(H,84,89)(H,85,112)(H,86,113)(H,87,116)(H,90,106)(H,91,114)(H,92,118)(H,93,107)(H,94,115)(H,95,124)(H,96,117)(H,97,119)(H,98,120)(H,99,121)(H,100,123)(H,101,108)(H,102,122)(H,109,110)/t41-,42-,43-,44-,45+,50-,51-,52+,53-,54-,55-,56-,57-,58-,64-,65-/m0/s1. The Morgan fingerprint density at radius 2 is 0.766 bits per heavy atom. The number of nitrogens with zero attached hydrogens (tertiary/aromatic N) is 2. The number of aliphatic hydroxyl groups excluding tert-OH is 1. The highest BCUT2D eigenvalue weighted by Crippen LogP contribution is 2.17. The molecule has 16 atom stereocenters. The number of benzene rings is 1. The molecule has 45 nitrogen and oxygen atoms in total. The van der Waals surface area contributed by atoms with Crippen LogP contribution >= 0.6 is 0 Å². The second-order valence-corrected chi connectivity index (χ2v) is 32.2. The van der Waals surface area contributed by atoms with Gasteiger partial charge in [-0.25, -0.2) is 9.97 Å². The van der Waals surface area contributed by atoms with E-state index in [1.54, 1.807) is 69.2 Å². The molecular weight excluding hydrogens is 1620 g/mol. The van der Waals surface area contributed by atoms with Crippen LogP contribution in [0.1, 0.15) is 165 Å². The van der Waals surface area contributed by atoms with Gasteiger partial charge in [-0.15, -0.1) is 0 Å². The molecule has 0 fully saturated rings. The molecule has 0 spiro atoms. The third-order valence-electron chi connectivity index (χ3n) is 19.1. The monoisotopic (exact) mass is 1750 g/mol. The highest BCUT2D eigenvalue weighted by Gasteiger charge is 2.39. The number of carboxylic acid groups (broad SMARTS) is 1. The van der Waals surface area contributed by atoms with Crippen LogP contribution in [0.4, 0.5) is 0 Å². The van der Waals surface area contributed by atoms with Crippen LogP contribution in [0.25, 0.3) is 0 Å². The number of aliphatic hydroxyl groups is 1. The number of imidazole rings is 2. The third-order valence-corrected chi connectivity index (χ3v) is 19.1. The number of carbonyl (C=O) groups is 19. The van der Waals surface area contributed by atoms with Crippen LogP contribution in [-0.4, -0.2) is 258 Å². The van der Waals surface area contributed by atoms with Crippen molar-refractivity contribution in [2.24, 2.45) is 46.8 Å². The highest BCUT2D eigenvalue weighted by molar-refractivity contribution is 6.01. The van der Waals surface area contributed by atoms with Crippen molar-refractivity contribution in [1.29, 1.82) is 0 Å². The van der Waals surface area contributed by atoms with Crippen LogP contribution < -0.4 is 102 Å². The van der Waals surface area contributed by atoms with Gasteiger partial charge in [0, 0.05) is 43.0 Å². The Labute approximate surface area is 717 Å². The zero-order valence-corrected chi connectivity index (χ0v) is 72.3. The summed E-state index contributed by atoms with van der Waals surface area (Å²) in [5, 5.41) is 68.9. The Morgan fingerprint density at radius 1 is 0.395 bits per heavy atom. The molecule has 0 bridgehead atoms. The van der Waals surface area contributed by atoms with E-state index >= 15 is 0 Å². The van der Waals surface area contributed by atoms with Gasteiger partial charge in [-0.2, -0.15) is 0 Å². The lowest BCUT2D eigenvalue weighted by Crippen LogP contribution is -2.61. The Hall–Kier alpha value is -12.7. The van der Waals surface area contributed by atoms with E-state index in [2.05, 4.69) is 105 Å². The number of aromatic nitrogens is 4. The fourth-order valence-corrected chi connectivity index (χ4v) is 12.2. The summed E-state index contributed by atoms with van der Waals surface area (Å²) in [6.45, 7) is 20.0. The molecule has 45 heteroatoms. The van der Waals surface area contributed by atoms with Gasteiger partial charge in [0.05, 0.1) is 50.9 Å². The number of H-pyrrole nitrogens is 2. The SMILES string of the molecule is CC[C@H](C)[C@H](NC(=O)CNC(=O)[C@H](C)NC(=O)[C@H](C)NC(=O)[C@H](Cc1cnc[nH]1)NC(=O)[C@H](CC(N)=O)NC(=O)CNC(=O)[C@H](C)NC(=O)CNC(=O)[C@H](Cc1cnc[nH]1)NC(=O)[C@H](CC(C)C)NC(=O)[C@H](CC(C)C)NC(=O)[C@H](CCC(=O)O)NC(=O)[C@@H](N)Cc1ccc(O)cc1)C(=O)N[C@@H](CC(C)C)C(=O)N[C@H](C(=O)N[C@H](CC(C)C)C(N)=O)[C@@H](C)O. The number of nitrogens with one attached hydrogen (secondary N) is 18. The maximum Gasteiger partial charge on any atom is 0.303 e. The van der Waals surface area contributed by atoms with Crippen molar-refractivity contribution < 1.29 is 106 Å². The van der Waals surface area contributed by atoms with Crippen molar-refractivity contribution in [2.75, 3.05) is 19.6 Å². The molecule has 0 saturated carbocycles. The molecule has 688 valence electrons. The van der Waals surface area contributed by atoms with E-state index in [1.807, 2.05) is 0 Å². The summed E-state index contributed by atoms with van der Waals surface area (Å²) >= 11 is 0. The molecule has 124 heavy (non-hydrogen) atoms. The number of amides is 18. The Bertz CT molecular complexity index is 4130. The number of primary amides is 2. The van der Waals surface area contributed by atoms with E-state index in [0.29, 0.717) is 17.7 Å². The topological polar surface area (TPSA) is 713 Å². The van der Waals surface area contributed by atoms with Gasteiger partial charge < -0.3 is 128 Å². The van der Waals surface area contributed by atoms with Crippen LogP contribution in [-0.2, 0) is 110 Å². The van der Waals surface area contributed by atoms with E-state index in [-0.39, 0.29) is 80.1 Å². The van der Waals surface area contributed by atoms with Crippen molar-refractivity contribution >= 4 is 112 Å². The third kappa shape index (κ3) is 39.0. The summed E-state index contributed by atoms with van der Waals surface area (Å²) < 4.78 is 0. The molecule has 3 rings (SSSR count). The lowest BCUT2D eigenvalue weighted by molar-refractivity contribution is -0.138. The minimum Gasteiger partial charge on any atom is -0.508 e. The predicted octanol–water partition coefficient (Wildman–Crippen LogP) is -6.26. The number of aromatic hydroxyl groups is 1. The van der Waals surface area contributed by atoms with Gasteiger partial charge in [-0.1, -0.05) is 87.8 Å². The van der Waals surface area contributed by atoms with Gasteiger partial charge in [-0.3, -0.25) is 91.1 Å². The average Bonchev–Trinajstić information content (AvgIpc) is 1.27. The molecular formula is C79H125N23O22. The predicted molar refractivity (Wildman–Crippen MR) is 444 cm³/mol. The number of aromatic amines is 2. The Balaban J connectivity index is 1.65. The maximum absolute atomic E-state index is 14.3. The number of aliphatic carboxylic acids is 1. The van der Waals surface area contributed by atoms with Crippen molar-refractivity contribution in [3.63, 3.8) is 0 Å². The van der Waals surface area contributed by atoms with Gasteiger partial charge in [0.2, 0.25) is 106 Å². The fourth-order valence-electron chi connectivity index (χ4n) is 12.2. The summed E-state index contributed by atoms with van der Waals surface area (Å²) in [4.78, 5) is 268. The first-order valence-electron chi connectivity index (χ1n) is 40.8. The molecule has 3 aromatic rings. The number of carboxylic acids is 1. The lowest BCUT2D eigenvalue weighted by Gasteiger charge is -2.29. The van der Waals surface area contributed by atoms with E-state index in [9.17, 15) is 106 Å². The van der Waals surface area contributed by atoms with Crippen molar-refractivity contribution in [3.05, 3.63) is 66.3 Å². The fraction of sp³-hybridized carbons (Fsp3) is 0.608. The highest BCUT2D eigenvalue weighted by atomic mass is 16.4. The molecule has 0 aliphatic carbocycles. The van der Waals surface area contributed by atoms with E-state index in [1.165, 1.54) is 77.0 Å². The number of phenols is 1. The number of nitrogens with two attached hydrogens (primary N) is 3. The van der Waals surface area contributed by atoms with Crippen LogP contribution in [0.15, 0.2) is 49.3 Å². The minimum absolute atomic E-state index is 0.00720. The van der Waals surface area contributed by atoms with E-state index in [0.717, 1.165) is 0 Å². The summed E-state index contributed by atoms with van der Waals surface area (Å²) in [6, 6.07) is -14.0. The Kier molecular flexibility index (Phi) is 44.7. The van der Waals surface area contributed by atoms with Crippen LogP contribution in [0, 0.1) is 29.6 Å². The summed E-state index contributed by atoms with van der Waals surface area (Å²) in [5.41, 5.74) is 18.3. The summed E-state index contributed by atoms with van der Waals surface area (Å²) in [5.74, 6) is -19.5. The largest absolute Gasteiger partial charge is 0.508 e. The lowest BCUT2D eigenvalue weighted by atomic mass is 9.96. The van der Waals surface area contributed by atoms with Gasteiger partial charge >= 0.3 is 5.97 Å². The van der Waals surface area contributed by atoms with Gasteiger partial charge in [-0.05, 0) is 114 Å². The zero-order chi connectivity index (χ0) is 93.5. The molecule has 0 unspecified atom stereocenters. The second-order valence-electron chi connectivity index (χ2n) is 32.2. The Morgan fingerprint density at radius 3 is 1.21 bits per heavy atom. The average molecular weight is 1750 g/mol. The first-order chi connectivity index (χ1) is 58.1. The second kappa shape index (κ2) is 52.6. The maximum atomic E-state index is 14.3. The number of hydrogen-bond acceptors (Lipinski definition) is 24. The van der Waals surface area contributed by atoms with Crippen molar-refractivity contribution in [3.8, 4) is 5.75 Å². The molecule has 18 amide bonds. The summed E-state index contributed by atoms with van der Waals surface area (Å²) in [6.07, 6.45) is 1.84. The molecule has 0 aliphatic heterocycles. The molecule has 0 aliphatic rings. The van der Waals surface area contributed by atoms with Gasteiger partial charge in [0.15, 0.2) is 0 Å². The zero-order valence-electron chi connectivity index (χ0n) is 72.3. The first-order valence-corrected chi connectivity index (χ1v) is 40.8. The van der Waals surface area contributed by atoms with Crippen molar-refractivity contribution in [2.45, 2.75) is 258 Å². The molecule has 2 heterocycles. The number of rotatable bonds is 55. The first kappa shape index (κ1) is 105. The van der Waals surface area contributed by atoms with Crippen molar-refractivity contribution in [1.82, 2.24) is 105 Å². The normalized spacial score (nSPS) is 15.1. The van der Waals surface area contributed by atoms with Crippen LogP contribution in [0.2, 0.25) is 0 Å². The molecule has 27 N–H and O–H groups in total. The number of carbonyl (C=O) groups excluding carboxylic acids is 18. The quantitative estimate of drug-likeness (QED) is 0.0250. The van der Waals surface area contributed by atoms with Gasteiger partial charge in [0.25, 0.3) is 0 Å².